The number of carbonyl (C=O) groups is 1. The fourth-order valence-electron chi connectivity index (χ4n) is 4.27. The molecule has 0 saturated carbocycles. The molecule has 0 aliphatic rings. The SMILES string of the molecule is CCCCCCCCCCCCCCCCCCCCCCOC(=O)[C@@H](N)CCCN=C(N)N. The van der Waals surface area contributed by atoms with Crippen LogP contribution in [0.15, 0.2) is 4.99 Å². The van der Waals surface area contributed by atoms with E-state index in [1.807, 2.05) is 0 Å². The molecular formula is C28H58N4O2. The molecule has 0 aromatic carbocycles. The van der Waals surface area contributed by atoms with Crippen LogP contribution in [0.3, 0.4) is 0 Å². The van der Waals surface area contributed by atoms with E-state index in [2.05, 4.69) is 11.9 Å². The fourth-order valence-corrected chi connectivity index (χ4v) is 4.27. The zero-order valence-electron chi connectivity index (χ0n) is 22.5. The molecule has 0 radical (unpaired) electrons. The predicted molar refractivity (Wildman–Crippen MR) is 147 cm³/mol. The number of rotatable bonds is 26. The minimum atomic E-state index is -0.584. The van der Waals surface area contributed by atoms with E-state index in [1.165, 1.54) is 116 Å². The van der Waals surface area contributed by atoms with E-state index in [9.17, 15) is 4.79 Å². The highest BCUT2D eigenvalue weighted by atomic mass is 16.5. The molecule has 0 aliphatic heterocycles. The highest BCUT2D eigenvalue weighted by Gasteiger charge is 2.14. The number of aliphatic imine (C=N–C) groups is 1. The Labute approximate surface area is 211 Å². The maximum atomic E-state index is 11.8. The number of ether oxygens (including phenoxy) is 1. The summed E-state index contributed by atoms with van der Waals surface area (Å²) < 4.78 is 5.27. The maximum absolute atomic E-state index is 11.8. The maximum Gasteiger partial charge on any atom is 0.322 e. The first-order valence-corrected chi connectivity index (χ1v) is 14.6. The number of nitrogens with zero attached hydrogens (tertiary/aromatic N) is 1. The second-order valence-electron chi connectivity index (χ2n) is 9.94. The van der Waals surface area contributed by atoms with Crippen molar-refractivity contribution < 1.29 is 9.53 Å². The summed E-state index contributed by atoms with van der Waals surface area (Å²) in [4.78, 5) is 15.7. The van der Waals surface area contributed by atoms with Gasteiger partial charge >= 0.3 is 5.97 Å². The van der Waals surface area contributed by atoms with Gasteiger partial charge in [0.2, 0.25) is 0 Å². The molecule has 0 unspecified atom stereocenters. The molecule has 0 bridgehead atoms. The number of hydrogen-bond acceptors (Lipinski definition) is 4. The second kappa shape index (κ2) is 26.3. The standard InChI is InChI=1S/C28H58N4O2/c1-2-3-4-5-6-7-8-9-10-11-12-13-14-15-16-17-18-19-20-21-25-34-27(33)26(29)23-22-24-32-28(30)31/h26H,2-25,29H2,1H3,(H4,30,31,32)/t26-/m0/s1. The van der Waals surface area contributed by atoms with Crippen LogP contribution in [0.1, 0.15) is 148 Å². The summed E-state index contributed by atoms with van der Waals surface area (Å²) in [5.74, 6) is -0.252. The van der Waals surface area contributed by atoms with Crippen molar-refractivity contribution in [2.45, 2.75) is 154 Å². The number of carbonyl (C=O) groups excluding carboxylic acids is 1. The summed E-state index contributed by atoms with van der Waals surface area (Å²) in [5.41, 5.74) is 16.4. The van der Waals surface area contributed by atoms with Crippen LogP contribution in [-0.4, -0.2) is 31.1 Å². The molecule has 0 saturated heterocycles. The van der Waals surface area contributed by atoms with Gasteiger partial charge in [0.05, 0.1) is 6.61 Å². The summed E-state index contributed by atoms with van der Waals surface area (Å²) in [6, 6.07) is -0.584. The minimum Gasteiger partial charge on any atom is -0.465 e. The monoisotopic (exact) mass is 482 g/mol. The molecule has 34 heavy (non-hydrogen) atoms. The van der Waals surface area contributed by atoms with Gasteiger partial charge < -0.3 is 21.9 Å². The van der Waals surface area contributed by atoms with Gasteiger partial charge in [-0.05, 0) is 19.3 Å². The molecule has 6 N–H and O–H groups in total. The minimum absolute atomic E-state index is 0.0655. The molecule has 0 heterocycles. The van der Waals surface area contributed by atoms with Crippen LogP contribution in [0.4, 0.5) is 0 Å². The molecule has 0 aliphatic carbocycles. The lowest BCUT2D eigenvalue weighted by molar-refractivity contribution is -0.145. The zero-order chi connectivity index (χ0) is 25.1. The van der Waals surface area contributed by atoms with Gasteiger partial charge in [-0.1, -0.05) is 129 Å². The topological polar surface area (TPSA) is 117 Å². The first-order valence-electron chi connectivity index (χ1n) is 14.6. The van der Waals surface area contributed by atoms with Gasteiger partial charge in [0, 0.05) is 6.54 Å². The van der Waals surface area contributed by atoms with Crippen LogP contribution in [-0.2, 0) is 9.53 Å². The van der Waals surface area contributed by atoms with Gasteiger partial charge in [-0.2, -0.15) is 0 Å². The van der Waals surface area contributed by atoms with Crippen molar-refractivity contribution >= 4 is 11.9 Å². The van der Waals surface area contributed by atoms with Crippen LogP contribution in [0.25, 0.3) is 0 Å². The third-order valence-corrected chi connectivity index (χ3v) is 6.51. The lowest BCUT2D eigenvalue weighted by Crippen LogP contribution is -2.32. The zero-order valence-corrected chi connectivity index (χ0v) is 22.5. The highest BCUT2D eigenvalue weighted by Crippen LogP contribution is 2.14. The number of hydrogen-bond donors (Lipinski definition) is 3. The molecular weight excluding hydrogens is 424 g/mol. The van der Waals surface area contributed by atoms with Crippen molar-refractivity contribution in [3.8, 4) is 0 Å². The van der Waals surface area contributed by atoms with E-state index in [1.54, 1.807) is 0 Å². The number of nitrogens with two attached hydrogens (primary N) is 3. The average molecular weight is 483 g/mol. The highest BCUT2D eigenvalue weighted by molar-refractivity contribution is 5.76. The van der Waals surface area contributed by atoms with Gasteiger partial charge in [0.1, 0.15) is 6.04 Å². The molecule has 0 fully saturated rings. The van der Waals surface area contributed by atoms with Crippen molar-refractivity contribution in [1.29, 1.82) is 0 Å². The van der Waals surface area contributed by atoms with Crippen LogP contribution in [0.2, 0.25) is 0 Å². The van der Waals surface area contributed by atoms with Crippen LogP contribution >= 0.6 is 0 Å². The Kier molecular flexibility index (Phi) is 25.3. The first kappa shape index (κ1) is 32.7. The Morgan fingerprint density at radius 3 is 1.41 bits per heavy atom. The van der Waals surface area contributed by atoms with Crippen LogP contribution in [0, 0.1) is 0 Å². The van der Waals surface area contributed by atoms with Crippen LogP contribution < -0.4 is 17.2 Å². The number of esters is 1. The predicted octanol–water partition coefficient (Wildman–Crippen LogP) is 6.73. The van der Waals surface area contributed by atoms with Crippen molar-refractivity contribution in [1.82, 2.24) is 0 Å². The fraction of sp³-hybridized carbons (Fsp3) is 0.929. The van der Waals surface area contributed by atoms with Crippen molar-refractivity contribution in [3.05, 3.63) is 0 Å². The number of unbranched alkanes of at least 4 members (excludes halogenated alkanes) is 19. The molecule has 0 amide bonds. The van der Waals surface area contributed by atoms with Gasteiger partial charge in [-0.25, -0.2) is 0 Å². The van der Waals surface area contributed by atoms with Crippen molar-refractivity contribution in [3.63, 3.8) is 0 Å². The molecule has 1 atom stereocenters. The van der Waals surface area contributed by atoms with Gasteiger partial charge in [-0.3, -0.25) is 9.79 Å². The molecule has 0 aromatic heterocycles. The van der Waals surface area contributed by atoms with E-state index in [4.69, 9.17) is 21.9 Å². The summed E-state index contributed by atoms with van der Waals surface area (Å²) in [6.45, 7) is 3.25. The molecule has 0 spiro atoms. The van der Waals surface area contributed by atoms with Gasteiger partial charge in [0.25, 0.3) is 0 Å². The van der Waals surface area contributed by atoms with Crippen LogP contribution in [0.5, 0.6) is 0 Å². The normalized spacial score (nSPS) is 11.9. The summed E-state index contributed by atoms with van der Waals surface area (Å²) in [7, 11) is 0. The average Bonchev–Trinajstić information content (AvgIpc) is 2.82. The third-order valence-electron chi connectivity index (χ3n) is 6.51. The summed E-state index contributed by atoms with van der Waals surface area (Å²) in [5, 5.41) is 0. The molecule has 6 heteroatoms. The molecule has 0 rings (SSSR count). The third kappa shape index (κ3) is 25.3. The molecule has 202 valence electrons. The molecule has 6 nitrogen and oxygen atoms in total. The van der Waals surface area contributed by atoms with Crippen molar-refractivity contribution in [2.75, 3.05) is 13.2 Å². The van der Waals surface area contributed by atoms with E-state index in [0.717, 1.165) is 12.8 Å². The summed E-state index contributed by atoms with van der Waals surface area (Å²) in [6.07, 6.45) is 28.4. The lowest BCUT2D eigenvalue weighted by atomic mass is 10.0. The second-order valence-corrected chi connectivity index (χ2v) is 9.94. The quantitative estimate of drug-likeness (QED) is 0.0546. The Balaban J connectivity index is 3.22. The Bertz CT molecular complexity index is 467. The van der Waals surface area contributed by atoms with Gasteiger partial charge in [0.15, 0.2) is 5.96 Å². The van der Waals surface area contributed by atoms with E-state index in [-0.39, 0.29) is 11.9 Å². The molecule has 0 aromatic rings. The Morgan fingerprint density at radius 1 is 0.647 bits per heavy atom. The lowest BCUT2D eigenvalue weighted by Gasteiger charge is -2.11. The largest absolute Gasteiger partial charge is 0.465 e. The van der Waals surface area contributed by atoms with E-state index >= 15 is 0 Å². The summed E-state index contributed by atoms with van der Waals surface area (Å²) >= 11 is 0. The smallest absolute Gasteiger partial charge is 0.322 e. The first-order chi connectivity index (χ1) is 16.6. The Hall–Kier alpha value is -1.30. The Morgan fingerprint density at radius 2 is 1.03 bits per heavy atom. The van der Waals surface area contributed by atoms with E-state index < -0.39 is 6.04 Å². The van der Waals surface area contributed by atoms with Gasteiger partial charge in [-0.15, -0.1) is 0 Å². The number of guanidine groups is 1. The van der Waals surface area contributed by atoms with Crippen molar-refractivity contribution in [2.24, 2.45) is 22.2 Å². The van der Waals surface area contributed by atoms with E-state index in [0.29, 0.717) is 26.0 Å².